The molecular formula is C6H12N2. The average Bonchev–Trinajstić information content (AvgIpc) is 2.14. The highest BCUT2D eigenvalue weighted by atomic mass is 15.1. The van der Waals surface area contributed by atoms with Crippen molar-refractivity contribution in [1.29, 1.82) is 0 Å². The highest BCUT2D eigenvalue weighted by Crippen LogP contribution is 1.97. The van der Waals surface area contributed by atoms with Crippen LogP contribution in [0.15, 0.2) is 4.99 Å². The van der Waals surface area contributed by atoms with Crippen molar-refractivity contribution in [3.8, 4) is 0 Å². The standard InChI is InChI=1S/C6H12N2/c1-3-6-4-7-5(2)8-6/h6H,3-4H2,1-2H3,(H,7,8)/t6-/m0/s1. The van der Waals surface area contributed by atoms with Crippen LogP contribution in [-0.4, -0.2) is 18.4 Å². The van der Waals surface area contributed by atoms with E-state index in [1.807, 2.05) is 6.92 Å². The van der Waals surface area contributed by atoms with E-state index >= 15 is 0 Å². The van der Waals surface area contributed by atoms with Crippen LogP contribution in [-0.2, 0) is 0 Å². The minimum absolute atomic E-state index is 0.620. The predicted octanol–water partition coefficient (Wildman–Crippen LogP) is 0.787. The minimum atomic E-state index is 0.620. The third-order valence-corrected chi connectivity index (χ3v) is 1.45. The summed E-state index contributed by atoms with van der Waals surface area (Å²) in [4.78, 5) is 4.19. The molecule has 0 spiro atoms. The largest absolute Gasteiger partial charge is 0.369 e. The summed E-state index contributed by atoms with van der Waals surface area (Å²) in [6.07, 6.45) is 1.18. The van der Waals surface area contributed by atoms with Gasteiger partial charge in [-0.1, -0.05) is 6.92 Å². The molecule has 0 radical (unpaired) electrons. The first-order chi connectivity index (χ1) is 3.83. The molecule has 1 rings (SSSR count). The Hall–Kier alpha value is -0.530. The maximum Gasteiger partial charge on any atom is 0.0935 e. The maximum atomic E-state index is 4.19. The van der Waals surface area contributed by atoms with Crippen LogP contribution in [0.1, 0.15) is 20.3 Å². The first kappa shape index (κ1) is 5.60. The van der Waals surface area contributed by atoms with Crippen molar-refractivity contribution in [2.45, 2.75) is 26.3 Å². The number of hydrogen-bond acceptors (Lipinski definition) is 2. The third kappa shape index (κ3) is 0.997. The van der Waals surface area contributed by atoms with Crippen molar-refractivity contribution in [2.24, 2.45) is 4.99 Å². The Morgan fingerprint density at radius 3 is 2.88 bits per heavy atom. The molecule has 0 amide bonds. The zero-order valence-corrected chi connectivity index (χ0v) is 5.44. The van der Waals surface area contributed by atoms with Gasteiger partial charge in [0.1, 0.15) is 0 Å². The van der Waals surface area contributed by atoms with E-state index in [4.69, 9.17) is 0 Å². The fourth-order valence-electron chi connectivity index (χ4n) is 0.865. The van der Waals surface area contributed by atoms with Crippen molar-refractivity contribution in [3.05, 3.63) is 0 Å². The molecule has 0 aliphatic carbocycles. The topological polar surface area (TPSA) is 24.4 Å². The fraction of sp³-hybridized carbons (Fsp3) is 0.833. The summed E-state index contributed by atoms with van der Waals surface area (Å²) in [7, 11) is 0. The van der Waals surface area contributed by atoms with Gasteiger partial charge < -0.3 is 5.32 Å². The van der Waals surface area contributed by atoms with E-state index in [9.17, 15) is 0 Å². The first-order valence-corrected chi connectivity index (χ1v) is 3.10. The van der Waals surface area contributed by atoms with Crippen molar-refractivity contribution in [1.82, 2.24) is 5.32 Å². The van der Waals surface area contributed by atoms with E-state index < -0.39 is 0 Å². The molecule has 0 saturated carbocycles. The number of hydrogen-bond donors (Lipinski definition) is 1. The van der Waals surface area contributed by atoms with Gasteiger partial charge in [-0.05, 0) is 13.3 Å². The Morgan fingerprint density at radius 1 is 1.88 bits per heavy atom. The van der Waals surface area contributed by atoms with Crippen LogP contribution >= 0.6 is 0 Å². The summed E-state index contributed by atoms with van der Waals surface area (Å²) < 4.78 is 0. The van der Waals surface area contributed by atoms with Gasteiger partial charge in [0, 0.05) is 6.04 Å². The van der Waals surface area contributed by atoms with E-state index in [-0.39, 0.29) is 0 Å². The Morgan fingerprint density at radius 2 is 2.62 bits per heavy atom. The van der Waals surface area contributed by atoms with Gasteiger partial charge in [0.05, 0.1) is 12.4 Å². The lowest BCUT2D eigenvalue weighted by Gasteiger charge is -2.04. The van der Waals surface area contributed by atoms with E-state index in [1.54, 1.807) is 0 Å². The number of nitrogens with one attached hydrogen (secondary N) is 1. The quantitative estimate of drug-likeness (QED) is 0.532. The van der Waals surface area contributed by atoms with Crippen LogP contribution in [0.4, 0.5) is 0 Å². The van der Waals surface area contributed by atoms with Crippen molar-refractivity contribution in [2.75, 3.05) is 6.54 Å². The lowest BCUT2D eigenvalue weighted by Crippen LogP contribution is -2.27. The summed E-state index contributed by atoms with van der Waals surface area (Å²) in [5.74, 6) is 1.09. The molecule has 8 heavy (non-hydrogen) atoms. The maximum absolute atomic E-state index is 4.19. The van der Waals surface area contributed by atoms with Gasteiger partial charge >= 0.3 is 0 Å². The van der Waals surface area contributed by atoms with Crippen molar-refractivity contribution in [3.63, 3.8) is 0 Å². The summed E-state index contributed by atoms with van der Waals surface area (Å²) in [6.45, 7) is 5.16. The molecule has 2 nitrogen and oxygen atoms in total. The molecule has 1 aliphatic rings. The van der Waals surface area contributed by atoms with Gasteiger partial charge in [-0.3, -0.25) is 4.99 Å². The second-order valence-electron chi connectivity index (χ2n) is 2.18. The Labute approximate surface area is 50.0 Å². The Kier molecular flexibility index (Phi) is 1.51. The van der Waals surface area contributed by atoms with Crippen molar-refractivity contribution < 1.29 is 0 Å². The van der Waals surface area contributed by atoms with Crippen LogP contribution in [0.3, 0.4) is 0 Å². The second kappa shape index (κ2) is 2.16. The number of amidine groups is 1. The molecule has 0 saturated heterocycles. The molecule has 0 aromatic carbocycles. The van der Waals surface area contributed by atoms with Crippen LogP contribution in [0.5, 0.6) is 0 Å². The number of rotatable bonds is 1. The molecular weight excluding hydrogens is 100 g/mol. The lowest BCUT2D eigenvalue weighted by molar-refractivity contribution is 0.635. The molecule has 46 valence electrons. The van der Waals surface area contributed by atoms with Crippen molar-refractivity contribution >= 4 is 5.84 Å². The van der Waals surface area contributed by atoms with Gasteiger partial charge in [-0.15, -0.1) is 0 Å². The van der Waals surface area contributed by atoms with E-state index in [0.29, 0.717) is 6.04 Å². The summed E-state index contributed by atoms with van der Waals surface area (Å²) >= 11 is 0. The Bertz CT molecular complexity index is 107. The Balaban J connectivity index is 2.32. The monoisotopic (exact) mass is 112 g/mol. The van der Waals surface area contributed by atoms with Crippen LogP contribution < -0.4 is 5.32 Å². The van der Waals surface area contributed by atoms with Crippen LogP contribution in [0.25, 0.3) is 0 Å². The molecule has 0 fully saturated rings. The summed E-state index contributed by atoms with van der Waals surface area (Å²) in [5.41, 5.74) is 0. The van der Waals surface area contributed by atoms with Crippen LogP contribution in [0, 0.1) is 0 Å². The van der Waals surface area contributed by atoms with E-state index in [1.165, 1.54) is 6.42 Å². The smallest absolute Gasteiger partial charge is 0.0935 e. The molecule has 2 heteroatoms. The molecule has 1 aliphatic heterocycles. The fourth-order valence-corrected chi connectivity index (χ4v) is 0.865. The highest BCUT2D eigenvalue weighted by Gasteiger charge is 2.10. The predicted molar refractivity (Wildman–Crippen MR) is 35.2 cm³/mol. The zero-order valence-electron chi connectivity index (χ0n) is 5.44. The van der Waals surface area contributed by atoms with Crippen LogP contribution in [0.2, 0.25) is 0 Å². The molecule has 0 bridgehead atoms. The highest BCUT2D eigenvalue weighted by molar-refractivity contribution is 5.81. The van der Waals surface area contributed by atoms with Gasteiger partial charge in [0.25, 0.3) is 0 Å². The summed E-state index contributed by atoms with van der Waals surface area (Å²) in [5, 5.41) is 3.25. The molecule has 1 N–H and O–H groups in total. The molecule has 1 atom stereocenters. The lowest BCUT2D eigenvalue weighted by atomic mass is 10.2. The van der Waals surface area contributed by atoms with Gasteiger partial charge in [-0.25, -0.2) is 0 Å². The van der Waals surface area contributed by atoms with Gasteiger partial charge in [0.2, 0.25) is 0 Å². The molecule has 1 heterocycles. The zero-order chi connectivity index (χ0) is 5.98. The molecule has 0 unspecified atom stereocenters. The molecule has 0 aromatic heterocycles. The summed E-state index contributed by atoms with van der Waals surface area (Å²) in [6, 6.07) is 0.620. The number of aliphatic imine (C=N–C) groups is 1. The molecule has 0 aromatic rings. The normalized spacial score (nSPS) is 27.2. The first-order valence-electron chi connectivity index (χ1n) is 3.10. The van der Waals surface area contributed by atoms with Gasteiger partial charge in [0.15, 0.2) is 0 Å². The second-order valence-corrected chi connectivity index (χ2v) is 2.18. The third-order valence-electron chi connectivity index (χ3n) is 1.45. The average molecular weight is 112 g/mol. The number of nitrogens with zero attached hydrogens (tertiary/aromatic N) is 1. The van der Waals surface area contributed by atoms with E-state index in [2.05, 4.69) is 17.2 Å². The van der Waals surface area contributed by atoms with E-state index in [0.717, 1.165) is 12.4 Å². The minimum Gasteiger partial charge on any atom is -0.369 e. The van der Waals surface area contributed by atoms with Gasteiger partial charge in [-0.2, -0.15) is 0 Å². The SMILES string of the molecule is CC[C@H]1CN=C(C)N1.